The van der Waals surface area contributed by atoms with E-state index in [1.54, 1.807) is 0 Å². The van der Waals surface area contributed by atoms with Crippen molar-refractivity contribution in [2.75, 3.05) is 19.8 Å². The standard InChI is InChI=1S/C8H20O3Si.CH4N2O/c1-5-9-12(8-4,10-6-2)11-7-3;2-1(3)4/h5-8H2,1-4H3;(H4,2,3,4). The Balaban J connectivity index is 0. The number of nitrogens with two attached hydrogens (primary N) is 2. The van der Waals surface area contributed by atoms with Crippen molar-refractivity contribution < 1.29 is 18.1 Å². The van der Waals surface area contributed by atoms with Crippen LogP contribution in [-0.2, 0) is 13.3 Å². The molecule has 0 aliphatic heterocycles. The molecule has 0 unspecified atom stereocenters. The summed E-state index contributed by atoms with van der Waals surface area (Å²) in [6.45, 7) is 9.95. The maximum atomic E-state index is 9.00. The number of hydrogen-bond acceptors (Lipinski definition) is 4. The molecular formula is C9H24N2O4Si. The third-order valence-corrected chi connectivity index (χ3v) is 4.58. The minimum atomic E-state index is -2.27. The average molecular weight is 252 g/mol. The second kappa shape index (κ2) is 10.9. The van der Waals surface area contributed by atoms with Crippen LogP contribution >= 0.6 is 0 Å². The van der Waals surface area contributed by atoms with Gasteiger partial charge in [-0.1, -0.05) is 6.92 Å². The average Bonchev–Trinajstić information content (AvgIpc) is 2.18. The first-order valence-electron chi connectivity index (χ1n) is 5.44. The van der Waals surface area contributed by atoms with Crippen LogP contribution in [0, 0.1) is 0 Å². The Bertz CT molecular complexity index is 160. The number of rotatable bonds is 7. The summed E-state index contributed by atoms with van der Waals surface area (Å²) in [6.07, 6.45) is 0. The highest BCUT2D eigenvalue weighted by Gasteiger charge is 2.37. The number of amides is 2. The van der Waals surface area contributed by atoms with Gasteiger partial charge in [0, 0.05) is 25.9 Å². The monoisotopic (exact) mass is 252 g/mol. The van der Waals surface area contributed by atoms with Crippen LogP contribution < -0.4 is 11.5 Å². The Morgan fingerprint density at radius 2 is 1.19 bits per heavy atom. The van der Waals surface area contributed by atoms with E-state index in [0.29, 0.717) is 19.8 Å². The molecule has 0 aliphatic carbocycles. The Morgan fingerprint density at radius 3 is 1.31 bits per heavy atom. The lowest BCUT2D eigenvalue weighted by molar-refractivity contribution is 0.0725. The number of primary amides is 2. The van der Waals surface area contributed by atoms with Gasteiger partial charge in [0.15, 0.2) is 0 Å². The first kappa shape index (κ1) is 17.8. The van der Waals surface area contributed by atoms with Crippen molar-refractivity contribution in [3.63, 3.8) is 0 Å². The van der Waals surface area contributed by atoms with E-state index in [2.05, 4.69) is 11.5 Å². The third-order valence-electron chi connectivity index (χ3n) is 1.53. The van der Waals surface area contributed by atoms with Crippen molar-refractivity contribution in [3.8, 4) is 0 Å². The van der Waals surface area contributed by atoms with E-state index in [9.17, 15) is 0 Å². The van der Waals surface area contributed by atoms with Crippen LogP contribution in [0.15, 0.2) is 0 Å². The zero-order valence-electron chi connectivity index (χ0n) is 10.6. The van der Waals surface area contributed by atoms with Gasteiger partial charge in [0.25, 0.3) is 0 Å². The fraction of sp³-hybridized carbons (Fsp3) is 0.889. The van der Waals surface area contributed by atoms with E-state index < -0.39 is 14.8 Å². The molecule has 16 heavy (non-hydrogen) atoms. The quantitative estimate of drug-likeness (QED) is 0.662. The van der Waals surface area contributed by atoms with Crippen molar-refractivity contribution in [2.45, 2.75) is 33.7 Å². The Kier molecular flexibility index (Phi) is 12.1. The predicted molar refractivity (Wildman–Crippen MR) is 64.9 cm³/mol. The molecule has 6 nitrogen and oxygen atoms in total. The summed E-state index contributed by atoms with van der Waals surface area (Å²) < 4.78 is 16.7. The second-order valence-corrected chi connectivity index (χ2v) is 5.68. The van der Waals surface area contributed by atoms with E-state index in [-0.39, 0.29) is 0 Å². The fourth-order valence-electron chi connectivity index (χ4n) is 1.09. The predicted octanol–water partition coefficient (Wildman–Crippen LogP) is 1.08. The second-order valence-electron chi connectivity index (χ2n) is 2.74. The fourth-order valence-corrected chi connectivity index (χ4v) is 3.27. The van der Waals surface area contributed by atoms with Crippen molar-refractivity contribution in [1.29, 1.82) is 0 Å². The van der Waals surface area contributed by atoms with Crippen LogP contribution in [-0.4, -0.2) is 34.7 Å². The van der Waals surface area contributed by atoms with Crippen molar-refractivity contribution >= 4 is 14.8 Å². The lowest BCUT2D eigenvalue weighted by Crippen LogP contribution is -2.45. The summed E-state index contributed by atoms with van der Waals surface area (Å²) in [5.74, 6) is 0. The van der Waals surface area contributed by atoms with Crippen LogP contribution in [0.4, 0.5) is 4.79 Å². The van der Waals surface area contributed by atoms with E-state index >= 15 is 0 Å². The van der Waals surface area contributed by atoms with Crippen molar-refractivity contribution in [3.05, 3.63) is 0 Å². The molecular weight excluding hydrogens is 228 g/mol. The van der Waals surface area contributed by atoms with Gasteiger partial charge in [0.05, 0.1) is 0 Å². The molecule has 0 aliphatic rings. The van der Waals surface area contributed by atoms with Crippen LogP contribution in [0.5, 0.6) is 0 Å². The smallest absolute Gasteiger partial charge is 0.374 e. The molecule has 0 radical (unpaired) electrons. The molecule has 0 atom stereocenters. The maximum Gasteiger partial charge on any atom is 0.500 e. The molecule has 0 heterocycles. The van der Waals surface area contributed by atoms with Crippen molar-refractivity contribution in [1.82, 2.24) is 0 Å². The highest BCUT2D eigenvalue weighted by Crippen LogP contribution is 2.14. The first-order valence-corrected chi connectivity index (χ1v) is 7.37. The van der Waals surface area contributed by atoms with E-state index in [1.165, 1.54) is 0 Å². The van der Waals surface area contributed by atoms with Gasteiger partial charge in [-0.3, -0.25) is 0 Å². The maximum absolute atomic E-state index is 9.00. The largest absolute Gasteiger partial charge is 0.500 e. The Labute approximate surface area is 98.6 Å². The molecule has 0 saturated heterocycles. The van der Waals surface area contributed by atoms with Gasteiger partial charge in [0.1, 0.15) is 0 Å². The lowest BCUT2D eigenvalue weighted by atomic mass is 10.9. The highest BCUT2D eigenvalue weighted by molar-refractivity contribution is 6.60. The molecule has 98 valence electrons. The Morgan fingerprint density at radius 1 is 0.938 bits per heavy atom. The zero-order chi connectivity index (χ0) is 13.0. The number of carbonyl (C=O) groups is 1. The third kappa shape index (κ3) is 9.90. The van der Waals surface area contributed by atoms with Crippen LogP contribution in [0.1, 0.15) is 27.7 Å². The number of urea groups is 1. The Hall–Kier alpha value is -0.633. The number of hydrogen-bond donors (Lipinski definition) is 2. The van der Waals surface area contributed by atoms with Gasteiger partial charge in [-0.05, 0) is 20.8 Å². The first-order chi connectivity index (χ1) is 7.47. The summed E-state index contributed by atoms with van der Waals surface area (Å²) in [7, 11) is -2.27. The molecule has 0 aromatic heterocycles. The normalized spacial score (nSPS) is 10.5. The minimum absolute atomic E-state index is 0.667. The highest BCUT2D eigenvalue weighted by atomic mass is 28.4. The molecule has 2 amide bonds. The molecule has 0 bridgehead atoms. The van der Waals surface area contributed by atoms with Crippen LogP contribution in [0.2, 0.25) is 6.04 Å². The van der Waals surface area contributed by atoms with Gasteiger partial charge in [0.2, 0.25) is 0 Å². The summed E-state index contributed by atoms with van der Waals surface area (Å²) in [6, 6.07) is 0.0164. The molecule has 0 fully saturated rings. The van der Waals surface area contributed by atoms with E-state index in [4.69, 9.17) is 18.1 Å². The minimum Gasteiger partial charge on any atom is -0.374 e. The number of carbonyl (C=O) groups excluding carboxylic acids is 1. The molecule has 4 N–H and O–H groups in total. The van der Waals surface area contributed by atoms with Crippen LogP contribution in [0.25, 0.3) is 0 Å². The van der Waals surface area contributed by atoms with Gasteiger partial charge in [-0.2, -0.15) is 0 Å². The van der Waals surface area contributed by atoms with E-state index in [1.807, 2.05) is 27.7 Å². The molecule has 0 aromatic rings. The summed E-state index contributed by atoms with van der Waals surface area (Å²) >= 11 is 0. The van der Waals surface area contributed by atoms with Gasteiger partial charge in [-0.15, -0.1) is 0 Å². The lowest BCUT2D eigenvalue weighted by Gasteiger charge is -2.26. The topological polar surface area (TPSA) is 96.8 Å². The zero-order valence-corrected chi connectivity index (χ0v) is 11.6. The molecule has 7 heteroatoms. The van der Waals surface area contributed by atoms with Gasteiger partial charge < -0.3 is 24.7 Å². The summed E-state index contributed by atoms with van der Waals surface area (Å²) in [4.78, 5) is 9.00. The molecule has 0 spiro atoms. The van der Waals surface area contributed by atoms with E-state index in [0.717, 1.165) is 6.04 Å². The van der Waals surface area contributed by atoms with Crippen molar-refractivity contribution in [2.24, 2.45) is 11.5 Å². The summed E-state index contributed by atoms with van der Waals surface area (Å²) in [5.41, 5.74) is 8.50. The van der Waals surface area contributed by atoms with Gasteiger partial charge >= 0.3 is 14.8 Å². The molecule has 0 aromatic carbocycles. The molecule has 0 saturated carbocycles. The summed E-state index contributed by atoms with van der Waals surface area (Å²) in [5, 5.41) is 0. The SMILES string of the molecule is CCO[Si](CC)(OCC)OCC.NC(N)=O. The van der Waals surface area contributed by atoms with Crippen LogP contribution in [0.3, 0.4) is 0 Å². The van der Waals surface area contributed by atoms with Gasteiger partial charge in [-0.25, -0.2) is 4.79 Å². The molecule has 0 rings (SSSR count).